The largest absolute Gasteiger partial charge is 0.416 e. The van der Waals surface area contributed by atoms with Gasteiger partial charge in [-0.2, -0.15) is 13.2 Å². The number of nitrogens with one attached hydrogen (secondary N) is 4. The van der Waals surface area contributed by atoms with Gasteiger partial charge in [-0.25, -0.2) is 4.79 Å². The second-order valence-electron chi connectivity index (χ2n) is 8.44. The lowest BCUT2D eigenvalue weighted by Crippen LogP contribution is -2.35. The summed E-state index contributed by atoms with van der Waals surface area (Å²) in [5.41, 5.74) is 1.59. The summed E-state index contributed by atoms with van der Waals surface area (Å²) >= 11 is 0. The van der Waals surface area contributed by atoms with Crippen LogP contribution in [0.5, 0.6) is 0 Å². The van der Waals surface area contributed by atoms with E-state index in [1.165, 1.54) is 16.9 Å². The second-order valence-corrected chi connectivity index (χ2v) is 8.44. The molecule has 5 rings (SSSR count). The van der Waals surface area contributed by atoms with Gasteiger partial charge in [-0.15, -0.1) is 0 Å². The predicted molar refractivity (Wildman–Crippen MR) is 125 cm³/mol. The first-order valence-electron chi connectivity index (χ1n) is 11.3. The molecule has 3 aromatic heterocycles. The lowest BCUT2D eigenvalue weighted by molar-refractivity contribution is -0.755. The Balaban J connectivity index is 1.29. The molecule has 1 aromatic carbocycles. The highest BCUT2D eigenvalue weighted by molar-refractivity contribution is 6.05. The highest BCUT2D eigenvalue weighted by Gasteiger charge is 2.32. The van der Waals surface area contributed by atoms with Crippen molar-refractivity contribution in [2.24, 2.45) is 0 Å². The van der Waals surface area contributed by atoms with Crippen LogP contribution < -0.4 is 20.6 Å². The van der Waals surface area contributed by atoms with Crippen molar-refractivity contribution in [3.8, 4) is 0 Å². The van der Waals surface area contributed by atoms with Crippen LogP contribution >= 0.6 is 0 Å². The highest BCUT2D eigenvalue weighted by Crippen LogP contribution is 2.34. The number of aryl methyl sites for hydroxylation is 1. The molecule has 3 amide bonds. The first-order valence-corrected chi connectivity index (χ1v) is 11.3. The summed E-state index contributed by atoms with van der Waals surface area (Å²) in [7, 11) is 0. The van der Waals surface area contributed by atoms with Crippen LogP contribution in [0.25, 0.3) is 0 Å². The van der Waals surface area contributed by atoms with Gasteiger partial charge in [0.1, 0.15) is 11.4 Å². The van der Waals surface area contributed by atoms with Crippen LogP contribution in [0.1, 0.15) is 39.3 Å². The molecule has 0 saturated heterocycles. The van der Waals surface area contributed by atoms with Crippen LogP contribution in [0.3, 0.4) is 0 Å². The number of fused-ring (bicyclic) bond motifs is 1. The average Bonchev–Trinajstić information content (AvgIpc) is 3.57. The summed E-state index contributed by atoms with van der Waals surface area (Å²) in [5, 5.41) is 11.0. The van der Waals surface area contributed by atoms with Crippen LogP contribution in [-0.2, 0) is 25.6 Å². The third-order valence-electron chi connectivity index (χ3n) is 5.75. The highest BCUT2D eigenvalue weighted by atomic mass is 19.4. The zero-order valence-corrected chi connectivity index (χ0v) is 19.2. The average molecular weight is 512 g/mol. The molecule has 10 nitrogen and oxygen atoms in total. The molecular formula is C24H21F3N7O3+. The summed E-state index contributed by atoms with van der Waals surface area (Å²) in [6, 6.07) is 7.31. The molecule has 13 heteroatoms. The number of anilines is 3. The molecule has 1 aliphatic carbocycles. The zero-order chi connectivity index (χ0) is 26.0. The van der Waals surface area contributed by atoms with Crippen LogP contribution in [0.4, 0.5) is 35.2 Å². The number of nitrogens with zero attached hydrogens (tertiary/aromatic N) is 3. The Labute approximate surface area is 207 Å². The lowest BCUT2D eigenvalue weighted by atomic mass is 10.1. The quantitative estimate of drug-likeness (QED) is 0.289. The number of alkyl halides is 3. The molecule has 4 N–H and O–H groups in total. The van der Waals surface area contributed by atoms with E-state index in [1.807, 2.05) is 6.07 Å². The van der Waals surface area contributed by atoms with E-state index in [9.17, 15) is 22.8 Å². The maximum Gasteiger partial charge on any atom is 0.416 e. The van der Waals surface area contributed by atoms with Crippen molar-refractivity contribution in [2.75, 3.05) is 16.0 Å². The van der Waals surface area contributed by atoms with Gasteiger partial charge >= 0.3 is 18.1 Å². The molecule has 0 saturated carbocycles. The Morgan fingerprint density at radius 1 is 1.08 bits per heavy atom. The molecule has 0 unspecified atom stereocenters. The summed E-state index contributed by atoms with van der Waals surface area (Å²) in [4.78, 5) is 32.3. The van der Waals surface area contributed by atoms with E-state index in [2.05, 4.69) is 31.2 Å². The van der Waals surface area contributed by atoms with E-state index in [-0.39, 0.29) is 23.8 Å². The normalized spacial score (nSPS) is 12.7. The maximum absolute atomic E-state index is 13.5. The maximum atomic E-state index is 13.5. The smallest absolute Gasteiger partial charge is 0.357 e. The van der Waals surface area contributed by atoms with E-state index in [1.54, 1.807) is 24.5 Å². The first-order chi connectivity index (χ1) is 17.7. The van der Waals surface area contributed by atoms with Crippen molar-refractivity contribution in [3.05, 3.63) is 83.1 Å². The Kier molecular flexibility index (Phi) is 6.34. The number of carbonyl (C=O) groups excluding carboxylic acids is 2. The Morgan fingerprint density at radius 2 is 1.89 bits per heavy atom. The molecule has 0 fully saturated rings. The third-order valence-corrected chi connectivity index (χ3v) is 5.75. The van der Waals surface area contributed by atoms with Gasteiger partial charge in [-0.3, -0.25) is 19.6 Å². The molecule has 1 aliphatic rings. The van der Waals surface area contributed by atoms with E-state index >= 15 is 0 Å². The molecule has 0 spiro atoms. The van der Waals surface area contributed by atoms with Crippen molar-refractivity contribution in [1.29, 1.82) is 0 Å². The number of pyridine rings is 1. The molecule has 0 bridgehead atoms. The standard InChI is InChI=1S/C24H20F3N7O3/c25-24(26,27)15-8-17(30-22(35)21-19-6-3-4-14(19)11-29-21)10-18(9-15)31-23(36)32-20-13-34(33-37-20)12-16-5-1-2-7-28-16/h1-2,5,7-11,13H,3-4,6,12H2,(H3-,29,30,31,32,33,35,36)/p+1. The number of rotatable bonds is 6. The number of aromatic nitrogens is 4. The molecule has 37 heavy (non-hydrogen) atoms. The molecule has 0 atom stereocenters. The predicted octanol–water partition coefficient (Wildman–Crippen LogP) is 4.14. The van der Waals surface area contributed by atoms with Crippen LogP contribution in [0, 0.1) is 0 Å². The van der Waals surface area contributed by atoms with Gasteiger partial charge in [0, 0.05) is 23.8 Å². The molecular weight excluding hydrogens is 491 g/mol. The third kappa shape index (κ3) is 5.60. The summed E-state index contributed by atoms with van der Waals surface area (Å²) in [6.07, 6.45) is 2.55. The minimum absolute atomic E-state index is 0.0328. The number of amides is 3. The monoisotopic (exact) mass is 512 g/mol. The fourth-order valence-corrected chi connectivity index (χ4v) is 4.13. The number of hydrogen-bond acceptors (Lipinski definition) is 5. The molecule has 3 heterocycles. The van der Waals surface area contributed by atoms with Gasteiger partial charge in [0.05, 0.1) is 5.56 Å². The van der Waals surface area contributed by atoms with Gasteiger partial charge in [0.2, 0.25) is 11.8 Å². The molecule has 0 radical (unpaired) electrons. The first kappa shape index (κ1) is 24.0. The summed E-state index contributed by atoms with van der Waals surface area (Å²) in [5.74, 6) is -0.591. The summed E-state index contributed by atoms with van der Waals surface area (Å²) < 4.78 is 47.0. The van der Waals surface area contributed by atoms with Crippen molar-refractivity contribution in [2.45, 2.75) is 32.0 Å². The number of hydrogen-bond donors (Lipinski definition) is 4. The summed E-state index contributed by atoms with van der Waals surface area (Å²) in [6.45, 7) is 0.286. The van der Waals surface area contributed by atoms with Crippen molar-refractivity contribution >= 4 is 29.2 Å². The van der Waals surface area contributed by atoms with E-state index in [4.69, 9.17) is 4.52 Å². The van der Waals surface area contributed by atoms with E-state index < -0.39 is 23.7 Å². The topological polar surface area (TPSA) is 129 Å². The molecule has 4 aromatic rings. The van der Waals surface area contributed by atoms with Gasteiger partial charge in [0.15, 0.2) is 0 Å². The van der Waals surface area contributed by atoms with E-state index in [0.717, 1.165) is 42.5 Å². The number of aromatic amines is 1. The number of benzene rings is 1. The van der Waals surface area contributed by atoms with Crippen molar-refractivity contribution in [1.82, 2.24) is 15.2 Å². The van der Waals surface area contributed by atoms with Gasteiger partial charge < -0.3 is 15.6 Å². The van der Waals surface area contributed by atoms with Crippen LogP contribution in [-0.4, -0.2) is 27.2 Å². The van der Waals surface area contributed by atoms with Gasteiger partial charge in [0.25, 0.3) is 12.1 Å². The Bertz CT molecular complexity index is 1450. The van der Waals surface area contributed by atoms with E-state index in [0.29, 0.717) is 11.4 Å². The van der Waals surface area contributed by atoms with Crippen LogP contribution in [0.15, 0.2) is 59.5 Å². The fraction of sp³-hybridized carbons (Fsp3) is 0.208. The second kappa shape index (κ2) is 9.76. The minimum atomic E-state index is -4.71. The molecule has 190 valence electrons. The van der Waals surface area contributed by atoms with Crippen LogP contribution in [0.2, 0.25) is 0 Å². The molecule has 0 aliphatic heterocycles. The number of H-pyrrole nitrogens is 1. The number of urea groups is 1. The van der Waals surface area contributed by atoms with Crippen molar-refractivity contribution < 1.29 is 32.0 Å². The minimum Gasteiger partial charge on any atom is -0.357 e. The fourth-order valence-electron chi connectivity index (χ4n) is 4.13. The Hall–Kier alpha value is -4.68. The number of carbonyl (C=O) groups is 2. The Morgan fingerprint density at radius 3 is 2.65 bits per heavy atom. The van der Waals surface area contributed by atoms with Crippen molar-refractivity contribution in [3.63, 3.8) is 0 Å². The number of halogens is 3. The SMILES string of the molecule is O=C(Nc1cc(NC(=O)c2[nH]cc3c2CCC3)cc(C(F)(F)F)c1)Nc1c[n+](Cc2ccccn2)no1. The van der Waals surface area contributed by atoms with Gasteiger partial charge in [-0.1, -0.05) is 6.07 Å². The zero-order valence-electron chi connectivity index (χ0n) is 19.2. The van der Waals surface area contributed by atoms with Gasteiger partial charge in [-0.05, 0) is 65.4 Å². The lowest BCUT2D eigenvalue weighted by Gasteiger charge is -2.14.